The number of carbonyl (C=O) groups excluding carboxylic acids is 1. The summed E-state index contributed by atoms with van der Waals surface area (Å²) >= 11 is 0. The van der Waals surface area contributed by atoms with Crippen LogP contribution in [0.4, 0.5) is 4.39 Å². The van der Waals surface area contributed by atoms with E-state index in [2.05, 4.69) is 15.1 Å². The summed E-state index contributed by atoms with van der Waals surface area (Å²) in [7, 11) is 0. The van der Waals surface area contributed by atoms with E-state index in [1.807, 2.05) is 13.8 Å². The van der Waals surface area contributed by atoms with Crippen molar-refractivity contribution >= 4 is 22.2 Å². The lowest BCUT2D eigenvalue weighted by atomic mass is 10.2. The van der Waals surface area contributed by atoms with E-state index in [1.54, 1.807) is 35.8 Å². The fraction of sp³-hybridized carbons (Fsp3) is 0.250. The SMILES string of the molecule is CCC(=O)COc1cn2ncnc(Oc3ccc4[nH]c(C)cc4c3F)c2c1C. The van der Waals surface area contributed by atoms with E-state index in [1.165, 1.54) is 6.33 Å². The second kappa shape index (κ2) is 6.95. The second-order valence-corrected chi connectivity index (χ2v) is 6.55. The molecule has 3 heterocycles. The minimum absolute atomic E-state index is 0.00520. The van der Waals surface area contributed by atoms with Crippen molar-refractivity contribution in [2.24, 2.45) is 0 Å². The molecular weight excluding hydrogens is 363 g/mol. The Bertz CT molecular complexity index is 1200. The zero-order valence-corrected chi connectivity index (χ0v) is 15.7. The number of ether oxygens (including phenoxy) is 2. The Labute approximate surface area is 160 Å². The molecule has 0 radical (unpaired) electrons. The van der Waals surface area contributed by atoms with Gasteiger partial charge in [0.15, 0.2) is 17.3 Å². The molecule has 1 aromatic carbocycles. The number of hydrogen-bond donors (Lipinski definition) is 1. The molecule has 144 valence electrons. The van der Waals surface area contributed by atoms with Crippen LogP contribution in [0.15, 0.2) is 30.7 Å². The number of aromatic amines is 1. The van der Waals surface area contributed by atoms with Crippen molar-refractivity contribution in [1.82, 2.24) is 19.6 Å². The Balaban J connectivity index is 1.72. The predicted octanol–water partition coefficient (Wildman–Crippen LogP) is 4.12. The van der Waals surface area contributed by atoms with Crippen LogP contribution in [0.1, 0.15) is 24.6 Å². The third-order valence-corrected chi connectivity index (χ3v) is 4.57. The summed E-state index contributed by atoms with van der Waals surface area (Å²) in [6.45, 7) is 5.44. The molecule has 0 saturated heterocycles. The van der Waals surface area contributed by atoms with E-state index in [-0.39, 0.29) is 24.0 Å². The molecule has 7 nitrogen and oxygen atoms in total. The number of aryl methyl sites for hydroxylation is 2. The summed E-state index contributed by atoms with van der Waals surface area (Å²) in [5.41, 5.74) is 2.82. The van der Waals surface area contributed by atoms with Crippen LogP contribution in [0, 0.1) is 19.7 Å². The highest BCUT2D eigenvalue weighted by Crippen LogP contribution is 2.34. The van der Waals surface area contributed by atoms with Crippen molar-refractivity contribution in [2.75, 3.05) is 6.61 Å². The van der Waals surface area contributed by atoms with Crippen molar-refractivity contribution in [3.8, 4) is 17.4 Å². The molecule has 0 unspecified atom stereocenters. The first-order chi connectivity index (χ1) is 13.5. The van der Waals surface area contributed by atoms with Crippen LogP contribution in [0.3, 0.4) is 0 Å². The van der Waals surface area contributed by atoms with Gasteiger partial charge in [-0.1, -0.05) is 6.92 Å². The van der Waals surface area contributed by atoms with Crippen molar-refractivity contribution < 1.29 is 18.7 Å². The lowest BCUT2D eigenvalue weighted by Gasteiger charge is -2.08. The molecule has 0 atom stereocenters. The number of rotatable bonds is 6. The molecule has 0 saturated carbocycles. The molecular formula is C20H19FN4O3. The van der Waals surface area contributed by atoms with Gasteiger partial charge in [0.25, 0.3) is 0 Å². The van der Waals surface area contributed by atoms with E-state index in [0.717, 1.165) is 5.69 Å². The largest absolute Gasteiger partial charge is 0.484 e. The fourth-order valence-electron chi connectivity index (χ4n) is 3.06. The Morgan fingerprint density at radius 2 is 2.11 bits per heavy atom. The van der Waals surface area contributed by atoms with Gasteiger partial charge in [0.1, 0.15) is 24.2 Å². The molecule has 0 aliphatic rings. The molecule has 0 bridgehead atoms. The zero-order valence-electron chi connectivity index (χ0n) is 15.7. The van der Waals surface area contributed by atoms with E-state index < -0.39 is 5.82 Å². The molecule has 8 heteroatoms. The number of nitrogens with zero attached hydrogens (tertiary/aromatic N) is 3. The molecule has 0 amide bonds. The van der Waals surface area contributed by atoms with Gasteiger partial charge in [0.2, 0.25) is 5.88 Å². The second-order valence-electron chi connectivity index (χ2n) is 6.55. The van der Waals surface area contributed by atoms with Crippen molar-refractivity contribution in [3.05, 3.63) is 47.8 Å². The normalized spacial score (nSPS) is 11.3. The van der Waals surface area contributed by atoms with E-state index in [9.17, 15) is 9.18 Å². The third kappa shape index (κ3) is 3.06. The zero-order chi connectivity index (χ0) is 19.8. The molecule has 28 heavy (non-hydrogen) atoms. The maximum Gasteiger partial charge on any atom is 0.247 e. The maximum absolute atomic E-state index is 14.9. The van der Waals surface area contributed by atoms with Gasteiger partial charge in [-0.3, -0.25) is 4.79 Å². The van der Waals surface area contributed by atoms with Crippen LogP contribution in [0.25, 0.3) is 16.4 Å². The van der Waals surface area contributed by atoms with Crippen molar-refractivity contribution in [2.45, 2.75) is 27.2 Å². The quantitative estimate of drug-likeness (QED) is 0.543. The van der Waals surface area contributed by atoms with E-state index in [0.29, 0.717) is 34.2 Å². The lowest BCUT2D eigenvalue weighted by molar-refractivity contribution is -0.120. The van der Waals surface area contributed by atoms with Gasteiger partial charge in [0, 0.05) is 28.6 Å². The summed E-state index contributed by atoms with van der Waals surface area (Å²) in [4.78, 5) is 18.8. The average molecular weight is 382 g/mol. The standard InChI is InChI=1S/C20H19FN4O3/c1-4-13(26)9-27-17-8-25-19(12(17)3)20(22-10-23-25)28-16-6-5-15-14(18(16)21)7-11(2)24-15/h5-8,10,24H,4,9H2,1-3H3. The van der Waals surface area contributed by atoms with E-state index in [4.69, 9.17) is 9.47 Å². The number of nitrogens with one attached hydrogen (secondary N) is 1. The third-order valence-electron chi connectivity index (χ3n) is 4.57. The van der Waals surface area contributed by atoms with Crippen LogP contribution in [0.5, 0.6) is 17.4 Å². The summed E-state index contributed by atoms with van der Waals surface area (Å²) in [6, 6.07) is 5.04. The highest BCUT2D eigenvalue weighted by Gasteiger charge is 2.18. The van der Waals surface area contributed by atoms with Gasteiger partial charge in [0.05, 0.1) is 6.20 Å². The number of ketones is 1. The molecule has 0 spiro atoms. The molecule has 0 fully saturated rings. The molecule has 1 N–H and O–H groups in total. The highest BCUT2D eigenvalue weighted by atomic mass is 19.1. The van der Waals surface area contributed by atoms with Gasteiger partial charge in [-0.15, -0.1) is 0 Å². The monoisotopic (exact) mass is 382 g/mol. The van der Waals surface area contributed by atoms with Gasteiger partial charge in [-0.2, -0.15) is 10.1 Å². The van der Waals surface area contributed by atoms with Crippen LogP contribution in [-0.2, 0) is 4.79 Å². The number of hydrogen-bond acceptors (Lipinski definition) is 5. The van der Waals surface area contributed by atoms with Crippen LogP contribution >= 0.6 is 0 Å². The van der Waals surface area contributed by atoms with Gasteiger partial charge in [-0.25, -0.2) is 8.91 Å². The van der Waals surface area contributed by atoms with Gasteiger partial charge in [-0.05, 0) is 32.0 Å². The minimum Gasteiger partial charge on any atom is -0.484 e. The Morgan fingerprint density at radius 3 is 2.89 bits per heavy atom. The first-order valence-electron chi connectivity index (χ1n) is 8.91. The number of benzene rings is 1. The minimum atomic E-state index is -0.465. The van der Waals surface area contributed by atoms with Crippen LogP contribution < -0.4 is 9.47 Å². The number of H-pyrrole nitrogens is 1. The molecule has 0 aliphatic heterocycles. The van der Waals surface area contributed by atoms with Crippen LogP contribution in [0.2, 0.25) is 0 Å². The Kier molecular flexibility index (Phi) is 4.46. The Hall–Kier alpha value is -3.42. The summed E-state index contributed by atoms with van der Waals surface area (Å²) in [6.07, 6.45) is 3.37. The first kappa shape index (κ1) is 18.0. The summed E-state index contributed by atoms with van der Waals surface area (Å²) in [5.74, 6) is 0.303. The molecule has 0 aliphatic carbocycles. The number of halogens is 1. The average Bonchev–Trinajstić information content (AvgIpc) is 3.22. The van der Waals surface area contributed by atoms with Crippen molar-refractivity contribution in [1.29, 1.82) is 0 Å². The topological polar surface area (TPSA) is 81.5 Å². The Morgan fingerprint density at radius 1 is 1.29 bits per heavy atom. The number of carbonyl (C=O) groups is 1. The summed E-state index contributed by atoms with van der Waals surface area (Å²) < 4.78 is 27.8. The lowest BCUT2D eigenvalue weighted by Crippen LogP contribution is -2.09. The predicted molar refractivity (Wildman–Crippen MR) is 102 cm³/mol. The maximum atomic E-state index is 14.9. The number of aromatic nitrogens is 4. The van der Waals surface area contributed by atoms with Crippen LogP contribution in [-0.4, -0.2) is 32.0 Å². The number of Topliss-reactive ketones (excluding diaryl/α,β-unsaturated/α-hetero) is 1. The summed E-state index contributed by atoms with van der Waals surface area (Å²) in [5, 5.41) is 4.60. The fourth-order valence-corrected chi connectivity index (χ4v) is 3.06. The van der Waals surface area contributed by atoms with E-state index >= 15 is 0 Å². The molecule has 3 aromatic heterocycles. The number of fused-ring (bicyclic) bond motifs is 2. The first-order valence-corrected chi connectivity index (χ1v) is 8.91. The smallest absolute Gasteiger partial charge is 0.247 e. The highest BCUT2D eigenvalue weighted by molar-refractivity contribution is 5.83. The van der Waals surface area contributed by atoms with Gasteiger partial charge < -0.3 is 14.5 Å². The van der Waals surface area contributed by atoms with Gasteiger partial charge >= 0.3 is 0 Å². The van der Waals surface area contributed by atoms with Crippen molar-refractivity contribution in [3.63, 3.8) is 0 Å². The molecule has 4 rings (SSSR count). The molecule has 4 aromatic rings.